The lowest BCUT2D eigenvalue weighted by Gasteiger charge is -2.10. The molecule has 0 bridgehead atoms. The standard InChI is InChI=1S/C20H21BrN2O4/c1-4-10-27-18-8-6-14(11-19(18)25-3)13-22-23-20(24)16-12-15(21)7-9-17(16)26-5-2/h4,6-9,11-13H,1,5,10H2,2-3H3,(H,23,24)/b22-13-. The van der Waals surface area contributed by atoms with Crippen molar-refractivity contribution in [1.29, 1.82) is 0 Å². The maximum atomic E-state index is 12.4. The number of amides is 1. The van der Waals surface area contributed by atoms with Gasteiger partial charge in [0.15, 0.2) is 11.5 Å². The van der Waals surface area contributed by atoms with Crippen LogP contribution in [0.1, 0.15) is 22.8 Å². The van der Waals surface area contributed by atoms with Gasteiger partial charge in [0.25, 0.3) is 5.91 Å². The number of carbonyl (C=O) groups excluding carboxylic acids is 1. The predicted octanol–water partition coefficient (Wildman–Crippen LogP) is 4.19. The fourth-order valence-electron chi connectivity index (χ4n) is 2.22. The zero-order valence-electron chi connectivity index (χ0n) is 15.2. The quantitative estimate of drug-likeness (QED) is 0.366. The third-order valence-electron chi connectivity index (χ3n) is 3.41. The van der Waals surface area contributed by atoms with Crippen LogP contribution in [0, 0.1) is 0 Å². The first-order chi connectivity index (χ1) is 13.1. The van der Waals surface area contributed by atoms with Gasteiger partial charge in [0, 0.05) is 4.47 Å². The topological polar surface area (TPSA) is 69.2 Å². The molecule has 142 valence electrons. The zero-order chi connectivity index (χ0) is 19.6. The molecular formula is C20H21BrN2O4. The van der Waals surface area contributed by atoms with Crippen LogP contribution in [0.25, 0.3) is 0 Å². The van der Waals surface area contributed by atoms with Gasteiger partial charge in [0.2, 0.25) is 0 Å². The van der Waals surface area contributed by atoms with Crippen molar-refractivity contribution in [2.75, 3.05) is 20.3 Å². The van der Waals surface area contributed by atoms with E-state index in [0.717, 1.165) is 10.0 Å². The molecule has 0 radical (unpaired) electrons. The van der Waals surface area contributed by atoms with Crippen LogP contribution in [0.3, 0.4) is 0 Å². The molecule has 0 heterocycles. The summed E-state index contributed by atoms with van der Waals surface area (Å²) in [5.41, 5.74) is 3.65. The number of halogens is 1. The van der Waals surface area contributed by atoms with E-state index in [1.54, 1.807) is 43.5 Å². The number of nitrogens with zero attached hydrogens (tertiary/aromatic N) is 1. The van der Waals surface area contributed by atoms with Crippen molar-refractivity contribution in [2.24, 2.45) is 5.10 Å². The fraction of sp³-hybridized carbons (Fsp3) is 0.200. The number of hydrogen-bond acceptors (Lipinski definition) is 5. The maximum absolute atomic E-state index is 12.4. The minimum Gasteiger partial charge on any atom is -0.493 e. The summed E-state index contributed by atoms with van der Waals surface area (Å²) in [5.74, 6) is 1.31. The number of rotatable bonds is 9. The van der Waals surface area contributed by atoms with Crippen molar-refractivity contribution in [3.8, 4) is 17.2 Å². The zero-order valence-corrected chi connectivity index (χ0v) is 16.8. The molecule has 0 unspecified atom stereocenters. The Morgan fingerprint density at radius 1 is 1.19 bits per heavy atom. The van der Waals surface area contributed by atoms with Gasteiger partial charge in [0.1, 0.15) is 12.4 Å². The first-order valence-corrected chi connectivity index (χ1v) is 9.05. The molecule has 1 N–H and O–H groups in total. The Labute approximate surface area is 167 Å². The summed E-state index contributed by atoms with van der Waals surface area (Å²) in [6.07, 6.45) is 3.18. The van der Waals surface area contributed by atoms with Gasteiger partial charge in [-0.1, -0.05) is 28.6 Å². The average Bonchev–Trinajstić information content (AvgIpc) is 2.68. The summed E-state index contributed by atoms with van der Waals surface area (Å²) in [7, 11) is 1.56. The summed E-state index contributed by atoms with van der Waals surface area (Å²) in [6.45, 7) is 6.32. The van der Waals surface area contributed by atoms with Crippen LogP contribution in [-0.2, 0) is 0 Å². The first-order valence-electron chi connectivity index (χ1n) is 8.26. The highest BCUT2D eigenvalue weighted by Crippen LogP contribution is 2.27. The van der Waals surface area contributed by atoms with E-state index < -0.39 is 0 Å². The highest BCUT2D eigenvalue weighted by Gasteiger charge is 2.12. The molecule has 27 heavy (non-hydrogen) atoms. The van der Waals surface area contributed by atoms with Crippen molar-refractivity contribution in [2.45, 2.75) is 6.92 Å². The summed E-state index contributed by atoms with van der Waals surface area (Å²) >= 11 is 3.36. The molecule has 1 amide bonds. The van der Waals surface area contributed by atoms with Crippen LogP contribution in [0.2, 0.25) is 0 Å². The van der Waals surface area contributed by atoms with Gasteiger partial charge in [-0.15, -0.1) is 0 Å². The number of benzene rings is 2. The van der Waals surface area contributed by atoms with E-state index in [1.807, 2.05) is 13.0 Å². The Morgan fingerprint density at radius 2 is 1.96 bits per heavy atom. The first kappa shape index (κ1) is 20.5. The minimum absolute atomic E-state index is 0.367. The van der Waals surface area contributed by atoms with E-state index in [9.17, 15) is 4.79 Å². The van der Waals surface area contributed by atoms with Crippen molar-refractivity contribution in [1.82, 2.24) is 5.43 Å². The molecule has 0 saturated carbocycles. The lowest BCUT2D eigenvalue weighted by molar-refractivity contribution is 0.0951. The fourth-order valence-corrected chi connectivity index (χ4v) is 2.58. The molecule has 7 heteroatoms. The number of hydrogen-bond donors (Lipinski definition) is 1. The smallest absolute Gasteiger partial charge is 0.275 e. The van der Waals surface area contributed by atoms with E-state index in [4.69, 9.17) is 14.2 Å². The number of carbonyl (C=O) groups is 1. The van der Waals surface area contributed by atoms with Gasteiger partial charge >= 0.3 is 0 Å². The maximum Gasteiger partial charge on any atom is 0.275 e. The molecule has 0 saturated heterocycles. The predicted molar refractivity (Wildman–Crippen MR) is 109 cm³/mol. The monoisotopic (exact) mass is 432 g/mol. The molecule has 2 aromatic carbocycles. The van der Waals surface area contributed by atoms with Gasteiger partial charge in [-0.3, -0.25) is 4.79 Å². The molecule has 0 fully saturated rings. The lowest BCUT2D eigenvalue weighted by Crippen LogP contribution is -2.18. The van der Waals surface area contributed by atoms with Gasteiger partial charge in [-0.05, 0) is 48.9 Å². The van der Waals surface area contributed by atoms with Crippen molar-refractivity contribution < 1.29 is 19.0 Å². The molecule has 2 aromatic rings. The third kappa shape index (κ3) is 5.86. The number of hydrazone groups is 1. The molecule has 0 spiro atoms. The van der Waals surface area contributed by atoms with E-state index in [1.165, 1.54) is 6.21 Å². The largest absolute Gasteiger partial charge is 0.493 e. The van der Waals surface area contributed by atoms with Gasteiger partial charge in [0.05, 0.1) is 25.5 Å². The second-order valence-corrected chi connectivity index (χ2v) is 6.20. The van der Waals surface area contributed by atoms with E-state index in [-0.39, 0.29) is 5.91 Å². The SMILES string of the molecule is C=CCOc1ccc(/C=N\NC(=O)c2cc(Br)ccc2OCC)cc1OC. The number of nitrogens with one attached hydrogen (secondary N) is 1. The van der Waals surface area contributed by atoms with Crippen molar-refractivity contribution in [3.63, 3.8) is 0 Å². The number of ether oxygens (including phenoxy) is 3. The van der Waals surface area contributed by atoms with Gasteiger partial charge in [-0.2, -0.15) is 5.10 Å². The average molecular weight is 433 g/mol. The highest BCUT2D eigenvalue weighted by atomic mass is 79.9. The Kier molecular flexibility index (Phi) is 7.88. The van der Waals surface area contributed by atoms with Crippen LogP contribution < -0.4 is 19.6 Å². The second kappa shape index (κ2) is 10.4. The minimum atomic E-state index is -0.367. The summed E-state index contributed by atoms with van der Waals surface area (Å²) in [4.78, 5) is 12.4. The van der Waals surface area contributed by atoms with Crippen LogP contribution in [0.5, 0.6) is 17.2 Å². The van der Waals surface area contributed by atoms with Crippen LogP contribution in [0.4, 0.5) is 0 Å². The molecule has 0 aromatic heterocycles. The van der Waals surface area contributed by atoms with Crippen LogP contribution >= 0.6 is 15.9 Å². The molecule has 0 aliphatic carbocycles. The van der Waals surface area contributed by atoms with Crippen molar-refractivity contribution in [3.05, 3.63) is 64.7 Å². The Balaban J connectivity index is 2.10. The van der Waals surface area contributed by atoms with Gasteiger partial charge < -0.3 is 14.2 Å². The Bertz CT molecular complexity index is 837. The number of methoxy groups -OCH3 is 1. The molecule has 0 atom stereocenters. The lowest BCUT2D eigenvalue weighted by atomic mass is 10.2. The molecule has 2 rings (SSSR count). The normalized spacial score (nSPS) is 10.5. The van der Waals surface area contributed by atoms with Gasteiger partial charge in [-0.25, -0.2) is 5.43 Å². The summed E-state index contributed by atoms with van der Waals surface area (Å²) in [5, 5.41) is 4.01. The van der Waals surface area contributed by atoms with Crippen molar-refractivity contribution >= 4 is 28.1 Å². The summed E-state index contributed by atoms with van der Waals surface area (Å²) < 4.78 is 17.1. The third-order valence-corrected chi connectivity index (χ3v) is 3.90. The molecule has 0 aliphatic heterocycles. The Hall–Kier alpha value is -2.80. The summed E-state index contributed by atoms with van der Waals surface area (Å²) in [6, 6.07) is 10.6. The highest BCUT2D eigenvalue weighted by molar-refractivity contribution is 9.10. The van der Waals surface area contributed by atoms with E-state index in [0.29, 0.717) is 36.0 Å². The van der Waals surface area contributed by atoms with E-state index in [2.05, 4.69) is 33.0 Å². The Morgan fingerprint density at radius 3 is 2.67 bits per heavy atom. The van der Waals surface area contributed by atoms with Crippen LogP contribution in [0.15, 0.2) is 58.6 Å². The molecule has 0 aliphatic rings. The molecule has 6 nitrogen and oxygen atoms in total. The van der Waals surface area contributed by atoms with E-state index >= 15 is 0 Å². The molecular weight excluding hydrogens is 412 g/mol. The second-order valence-electron chi connectivity index (χ2n) is 5.28. The van der Waals surface area contributed by atoms with Crippen LogP contribution in [-0.4, -0.2) is 32.4 Å².